The van der Waals surface area contributed by atoms with Crippen molar-refractivity contribution in [3.8, 4) is 11.5 Å². The van der Waals surface area contributed by atoms with Crippen molar-refractivity contribution < 1.29 is 23.9 Å². The lowest BCUT2D eigenvalue weighted by Gasteiger charge is -2.11. The maximum absolute atomic E-state index is 12.1. The van der Waals surface area contributed by atoms with E-state index < -0.39 is 11.8 Å². The Balaban J connectivity index is 1.79. The third-order valence-corrected chi connectivity index (χ3v) is 3.77. The predicted octanol–water partition coefficient (Wildman–Crippen LogP) is 2.52. The summed E-state index contributed by atoms with van der Waals surface area (Å²) in [5.74, 6) is 0.0872. The molecule has 8 nitrogen and oxygen atoms in total. The number of hydrogen-bond donors (Lipinski definition) is 3. The summed E-state index contributed by atoms with van der Waals surface area (Å²) in [6.07, 6.45) is 0.422. The molecule has 3 amide bonds. The normalized spacial score (nSPS) is 10.2. The summed E-state index contributed by atoms with van der Waals surface area (Å²) in [6.45, 7) is 3.63. The molecular weight excluding hydrogens is 374 g/mol. The number of carbonyl (C=O) groups is 3. The fourth-order valence-electron chi connectivity index (χ4n) is 2.40. The topological polar surface area (TPSA) is 106 Å². The van der Waals surface area contributed by atoms with Crippen molar-refractivity contribution in [3.05, 3.63) is 54.1 Å². The van der Waals surface area contributed by atoms with Gasteiger partial charge in [-0.3, -0.25) is 25.2 Å². The molecule has 0 aliphatic heterocycles. The van der Waals surface area contributed by atoms with Crippen LogP contribution in [-0.2, 0) is 9.59 Å². The quantitative estimate of drug-likeness (QED) is 0.592. The number of amides is 3. The van der Waals surface area contributed by atoms with E-state index >= 15 is 0 Å². The van der Waals surface area contributed by atoms with Crippen LogP contribution >= 0.6 is 0 Å². The minimum absolute atomic E-state index is 0.0838. The zero-order valence-corrected chi connectivity index (χ0v) is 16.7. The molecule has 0 aliphatic carbocycles. The third kappa shape index (κ3) is 7.17. The number of para-hydroxylation sites is 2. The lowest BCUT2D eigenvalue weighted by atomic mass is 10.1. The summed E-state index contributed by atoms with van der Waals surface area (Å²) in [5, 5.41) is 2.76. The smallest absolute Gasteiger partial charge is 0.276 e. The highest BCUT2D eigenvalue weighted by Crippen LogP contribution is 2.25. The Labute approximate surface area is 169 Å². The second-order valence-electron chi connectivity index (χ2n) is 6.67. The van der Waals surface area contributed by atoms with Gasteiger partial charge in [0.15, 0.2) is 18.1 Å². The van der Waals surface area contributed by atoms with Crippen molar-refractivity contribution in [1.29, 1.82) is 0 Å². The highest BCUT2D eigenvalue weighted by Gasteiger charge is 2.10. The van der Waals surface area contributed by atoms with Crippen LogP contribution in [0.15, 0.2) is 48.5 Å². The van der Waals surface area contributed by atoms with Crippen molar-refractivity contribution in [2.75, 3.05) is 19.0 Å². The highest BCUT2D eigenvalue weighted by molar-refractivity contribution is 5.96. The van der Waals surface area contributed by atoms with Gasteiger partial charge in [-0.15, -0.1) is 0 Å². The van der Waals surface area contributed by atoms with Gasteiger partial charge in [0.05, 0.1) is 7.11 Å². The van der Waals surface area contributed by atoms with Crippen molar-refractivity contribution in [3.63, 3.8) is 0 Å². The highest BCUT2D eigenvalue weighted by atomic mass is 16.5. The Morgan fingerprint density at radius 1 is 0.897 bits per heavy atom. The van der Waals surface area contributed by atoms with Crippen molar-refractivity contribution in [1.82, 2.24) is 10.9 Å². The van der Waals surface area contributed by atoms with Crippen LogP contribution in [0.4, 0.5) is 5.69 Å². The molecule has 0 unspecified atom stereocenters. The second-order valence-corrected chi connectivity index (χ2v) is 6.67. The number of nitrogens with one attached hydrogen (secondary N) is 3. The van der Waals surface area contributed by atoms with Gasteiger partial charge in [0, 0.05) is 17.7 Å². The zero-order chi connectivity index (χ0) is 21.2. The van der Waals surface area contributed by atoms with Crippen LogP contribution in [0.3, 0.4) is 0 Å². The maximum Gasteiger partial charge on any atom is 0.276 e. The van der Waals surface area contributed by atoms with Gasteiger partial charge >= 0.3 is 0 Å². The molecule has 29 heavy (non-hydrogen) atoms. The summed E-state index contributed by atoms with van der Waals surface area (Å²) in [6, 6.07) is 13.3. The van der Waals surface area contributed by atoms with E-state index in [1.165, 1.54) is 7.11 Å². The van der Waals surface area contributed by atoms with Crippen LogP contribution in [0.5, 0.6) is 11.5 Å². The Hall–Kier alpha value is -3.55. The van der Waals surface area contributed by atoms with Crippen molar-refractivity contribution in [2.24, 2.45) is 5.92 Å². The molecule has 0 aromatic heterocycles. The van der Waals surface area contributed by atoms with Crippen LogP contribution < -0.4 is 25.6 Å². The molecule has 154 valence electrons. The molecule has 8 heteroatoms. The van der Waals surface area contributed by atoms with Gasteiger partial charge in [0.2, 0.25) is 5.91 Å². The molecule has 0 saturated heterocycles. The van der Waals surface area contributed by atoms with Crippen LogP contribution in [0.2, 0.25) is 0 Å². The standard InChI is InChI=1S/C21H25N3O5/c1-14(2)12-19(25)22-16-10-8-15(9-11-16)21(27)24-23-20(26)13-29-18-7-5-4-6-17(18)28-3/h4-11,14H,12-13H2,1-3H3,(H,22,25)(H,23,26)(H,24,27). The zero-order valence-electron chi connectivity index (χ0n) is 16.7. The average Bonchev–Trinajstić information content (AvgIpc) is 2.70. The average molecular weight is 399 g/mol. The molecule has 3 N–H and O–H groups in total. The predicted molar refractivity (Wildman–Crippen MR) is 109 cm³/mol. The Morgan fingerprint density at radius 3 is 2.17 bits per heavy atom. The molecule has 0 fully saturated rings. The fraction of sp³-hybridized carbons (Fsp3) is 0.286. The number of carbonyl (C=O) groups excluding carboxylic acids is 3. The molecule has 0 bridgehead atoms. The number of benzene rings is 2. The summed E-state index contributed by atoms with van der Waals surface area (Å²) in [7, 11) is 1.50. The van der Waals surface area contributed by atoms with Gasteiger partial charge in [-0.2, -0.15) is 0 Å². The number of hydrazine groups is 1. The summed E-state index contributed by atoms with van der Waals surface area (Å²) in [5.41, 5.74) is 5.53. The van der Waals surface area contributed by atoms with Crippen LogP contribution in [-0.4, -0.2) is 31.4 Å². The third-order valence-electron chi connectivity index (χ3n) is 3.77. The first-order valence-corrected chi connectivity index (χ1v) is 9.14. The second kappa shape index (κ2) is 10.7. The molecule has 2 aromatic carbocycles. The van der Waals surface area contributed by atoms with Gasteiger partial charge in [0.1, 0.15) is 0 Å². The largest absolute Gasteiger partial charge is 0.493 e. The maximum atomic E-state index is 12.1. The van der Waals surface area contributed by atoms with E-state index in [1.807, 2.05) is 13.8 Å². The van der Waals surface area contributed by atoms with E-state index in [1.54, 1.807) is 48.5 Å². The summed E-state index contributed by atoms with van der Waals surface area (Å²) < 4.78 is 10.5. The summed E-state index contributed by atoms with van der Waals surface area (Å²) in [4.78, 5) is 35.8. The molecule has 0 saturated carbocycles. The molecule has 0 spiro atoms. The molecule has 0 heterocycles. The monoisotopic (exact) mass is 399 g/mol. The van der Waals surface area contributed by atoms with Crippen LogP contribution in [0.25, 0.3) is 0 Å². The first kappa shape index (κ1) is 21.7. The van der Waals surface area contributed by atoms with E-state index in [2.05, 4.69) is 16.2 Å². The fourth-order valence-corrected chi connectivity index (χ4v) is 2.40. The Kier molecular flexibility index (Phi) is 8.02. The molecular formula is C21H25N3O5. The first-order chi connectivity index (χ1) is 13.9. The Morgan fingerprint density at radius 2 is 1.55 bits per heavy atom. The van der Waals surface area contributed by atoms with Crippen LogP contribution in [0, 0.1) is 5.92 Å². The Bertz CT molecular complexity index is 850. The van der Waals surface area contributed by atoms with Gasteiger partial charge in [-0.25, -0.2) is 0 Å². The van der Waals surface area contributed by atoms with E-state index in [0.717, 1.165) is 0 Å². The van der Waals surface area contributed by atoms with Crippen molar-refractivity contribution in [2.45, 2.75) is 20.3 Å². The molecule has 2 rings (SSSR count). The number of rotatable bonds is 8. The lowest BCUT2D eigenvalue weighted by molar-refractivity contribution is -0.123. The summed E-state index contributed by atoms with van der Waals surface area (Å²) >= 11 is 0. The lowest BCUT2D eigenvalue weighted by Crippen LogP contribution is -2.43. The molecule has 0 radical (unpaired) electrons. The molecule has 2 aromatic rings. The van der Waals surface area contributed by atoms with E-state index in [-0.39, 0.29) is 18.4 Å². The van der Waals surface area contributed by atoms with Crippen LogP contribution in [0.1, 0.15) is 30.6 Å². The minimum Gasteiger partial charge on any atom is -0.493 e. The van der Waals surface area contributed by atoms with E-state index in [9.17, 15) is 14.4 Å². The molecule has 0 aliphatic rings. The first-order valence-electron chi connectivity index (χ1n) is 9.14. The van der Waals surface area contributed by atoms with Crippen molar-refractivity contribution >= 4 is 23.4 Å². The SMILES string of the molecule is COc1ccccc1OCC(=O)NNC(=O)c1ccc(NC(=O)CC(C)C)cc1. The number of hydrogen-bond acceptors (Lipinski definition) is 5. The van der Waals surface area contributed by atoms with E-state index in [0.29, 0.717) is 29.2 Å². The number of anilines is 1. The van der Waals surface area contributed by atoms with Gasteiger partial charge in [0.25, 0.3) is 11.8 Å². The van der Waals surface area contributed by atoms with Gasteiger partial charge in [-0.1, -0.05) is 26.0 Å². The van der Waals surface area contributed by atoms with Gasteiger partial charge in [-0.05, 0) is 42.3 Å². The number of methoxy groups -OCH3 is 1. The van der Waals surface area contributed by atoms with Gasteiger partial charge < -0.3 is 14.8 Å². The minimum atomic E-state index is -0.526. The van der Waals surface area contributed by atoms with E-state index in [4.69, 9.17) is 9.47 Å². The number of ether oxygens (including phenoxy) is 2. The molecule has 0 atom stereocenters.